The van der Waals surface area contributed by atoms with Crippen molar-refractivity contribution in [3.8, 4) is 0 Å². The second-order valence-corrected chi connectivity index (χ2v) is 7.01. The van der Waals surface area contributed by atoms with Crippen LogP contribution in [-0.4, -0.2) is 72.8 Å². The quantitative estimate of drug-likeness (QED) is 0.489. The molecule has 0 aliphatic carbocycles. The summed E-state index contributed by atoms with van der Waals surface area (Å²) >= 11 is 1.10. The molecule has 5 atom stereocenters. The zero-order chi connectivity index (χ0) is 14.8. The van der Waals surface area contributed by atoms with Gasteiger partial charge in [-0.2, -0.15) is 0 Å². The van der Waals surface area contributed by atoms with Crippen LogP contribution in [0.1, 0.15) is 46.0 Å². The molecule has 2 radical (unpaired) electrons. The Morgan fingerprint density at radius 3 is 2.65 bits per heavy atom. The van der Waals surface area contributed by atoms with Crippen molar-refractivity contribution >= 4 is 25.8 Å². The zero-order valence-corrected chi connectivity index (χ0v) is 15.0. The van der Waals surface area contributed by atoms with E-state index in [1.165, 1.54) is 0 Å². The molecule has 0 aromatic rings. The van der Waals surface area contributed by atoms with E-state index in [4.69, 9.17) is 14.2 Å². The Balaban J connectivity index is 2.12. The summed E-state index contributed by atoms with van der Waals surface area (Å²) in [5, 5.41) is 21.4. The maximum atomic E-state index is 10.8. The Labute approximate surface area is 133 Å². The van der Waals surface area contributed by atoms with E-state index < -0.39 is 24.1 Å². The number of hydrogen-bond donors (Lipinski definition) is 2. The Bertz CT molecular complexity index is 350. The summed E-state index contributed by atoms with van der Waals surface area (Å²) < 4.78 is 18.0. The van der Waals surface area contributed by atoms with E-state index in [1.54, 1.807) is 0 Å². The average molecular weight is 391 g/mol. The van der Waals surface area contributed by atoms with E-state index in [0.717, 1.165) is 51.4 Å². The van der Waals surface area contributed by atoms with E-state index in [-0.39, 0.29) is 6.10 Å². The summed E-state index contributed by atoms with van der Waals surface area (Å²) in [6.07, 6.45) is 1.59. The SMILES string of the molecule is CCCCO[C@@H]1[C@@H]2O[C@@H](O[C]2=[Sn])[C@@](O)(CCCC)[C@H]1O. The molecule has 2 bridgehead atoms. The van der Waals surface area contributed by atoms with E-state index in [9.17, 15) is 10.2 Å². The van der Waals surface area contributed by atoms with Crippen LogP contribution in [0.25, 0.3) is 0 Å². The van der Waals surface area contributed by atoms with Gasteiger partial charge in [0.15, 0.2) is 0 Å². The van der Waals surface area contributed by atoms with E-state index in [1.807, 2.05) is 0 Å². The predicted octanol–water partition coefficient (Wildman–Crippen LogP) is 0.507. The molecule has 5 nitrogen and oxygen atoms in total. The Morgan fingerprint density at radius 1 is 1.30 bits per heavy atom. The van der Waals surface area contributed by atoms with Gasteiger partial charge < -0.3 is 0 Å². The first-order valence-electron chi connectivity index (χ1n) is 7.47. The molecule has 0 amide bonds. The van der Waals surface area contributed by atoms with Crippen molar-refractivity contribution in [2.75, 3.05) is 6.61 Å². The van der Waals surface area contributed by atoms with Gasteiger partial charge in [0.1, 0.15) is 0 Å². The van der Waals surface area contributed by atoms with Gasteiger partial charge in [-0.15, -0.1) is 0 Å². The van der Waals surface area contributed by atoms with Crippen LogP contribution in [0, 0.1) is 0 Å². The summed E-state index contributed by atoms with van der Waals surface area (Å²) in [4.78, 5) is 0. The van der Waals surface area contributed by atoms with E-state index in [0.29, 0.717) is 13.0 Å². The van der Waals surface area contributed by atoms with Crippen molar-refractivity contribution in [1.29, 1.82) is 0 Å². The van der Waals surface area contributed by atoms with Crippen LogP contribution in [0.2, 0.25) is 0 Å². The second kappa shape index (κ2) is 7.05. The fourth-order valence-corrected chi connectivity index (χ4v) is 3.68. The molecule has 2 saturated heterocycles. The summed E-state index contributed by atoms with van der Waals surface area (Å²) in [5.74, 6) is 0. The van der Waals surface area contributed by atoms with Gasteiger partial charge in [0.05, 0.1) is 0 Å². The fraction of sp³-hybridized carbons (Fsp3) is 0.929. The molecule has 2 heterocycles. The molecule has 0 aromatic heterocycles. The summed E-state index contributed by atoms with van der Waals surface area (Å²) in [5.41, 5.74) is -1.37. The molecule has 0 aromatic carbocycles. The van der Waals surface area contributed by atoms with Crippen molar-refractivity contribution in [2.45, 2.75) is 76.2 Å². The molecule has 2 fully saturated rings. The third-order valence-corrected chi connectivity index (χ3v) is 5.18. The maximum absolute atomic E-state index is 10.8. The molecule has 0 unspecified atom stereocenters. The molecular weight excluding hydrogens is 367 g/mol. The summed E-state index contributed by atoms with van der Waals surface area (Å²) in [7, 11) is 0. The van der Waals surface area contributed by atoms with Gasteiger partial charge in [-0.25, -0.2) is 0 Å². The van der Waals surface area contributed by atoms with Crippen LogP contribution in [0.4, 0.5) is 0 Å². The van der Waals surface area contributed by atoms with Crippen molar-refractivity contribution in [2.24, 2.45) is 0 Å². The van der Waals surface area contributed by atoms with Crippen LogP contribution in [0.15, 0.2) is 0 Å². The summed E-state index contributed by atoms with van der Waals surface area (Å²) in [6, 6.07) is 0. The molecule has 20 heavy (non-hydrogen) atoms. The normalized spacial score (nSPS) is 39.9. The Kier molecular flexibility index (Phi) is 5.87. The number of aliphatic hydroxyl groups excluding tert-OH is 1. The van der Waals surface area contributed by atoms with E-state index >= 15 is 0 Å². The van der Waals surface area contributed by atoms with Crippen molar-refractivity contribution in [3.05, 3.63) is 0 Å². The van der Waals surface area contributed by atoms with Crippen molar-refractivity contribution in [3.63, 3.8) is 0 Å². The molecule has 6 heteroatoms. The predicted molar refractivity (Wildman–Crippen MR) is 75.6 cm³/mol. The Hall–Kier alpha value is 0.309. The van der Waals surface area contributed by atoms with Crippen LogP contribution < -0.4 is 0 Å². The van der Waals surface area contributed by atoms with Crippen LogP contribution in [0.5, 0.6) is 0 Å². The first-order valence-corrected chi connectivity index (χ1v) is 8.89. The number of hydrogen-bond acceptors (Lipinski definition) is 5. The topological polar surface area (TPSA) is 68.2 Å². The van der Waals surface area contributed by atoms with Gasteiger partial charge in [-0.1, -0.05) is 0 Å². The minimum atomic E-state index is -1.37. The van der Waals surface area contributed by atoms with Gasteiger partial charge in [0.2, 0.25) is 0 Å². The third-order valence-electron chi connectivity index (χ3n) is 4.03. The summed E-state index contributed by atoms with van der Waals surface area (Å²) in [6.45, 7) is 4.70. The van der Waals surface area contributed by atoms with Gasteiger partial charge in [0, 0.05) is 0 Å². The molecule has 0 spiro atoms. The number of ether oxygens (including phenoxy) is 3. The van der Waals surface area contributed by atoms with Crippen molar-refractivity contribution in [1.82, 2.24) is 0 Å². The molecule has 2 N–H and O–H groups in total. The van der Waals surface area contributed by atoms with Gasteiger partial charge in [0.25, 0.3) is 0 Å². The molecule has 2 aliphatic rings. The van der Waals surface area contributed by atoms with E-state index in [2.05, 4.69) is 13.8 Å². The minimum absolute atomic E-state index is 0.341. The fourth-order valence-electron chi connectivity index (χ4n) is 2.71. The number of rotatable bonds is 7. The molecular formula is C14H24O5Sn. The van der Waals surface area contributed by atoms with Crippen LogP contribution in [-0.2, 0) is 14.2 Å². The number of fused-ring (bicyclic) bond motifs is 2. The third kappa shape index (κ3) is 3.06. The molecule has 2 aliphatic heterocycles. The molecule has 0 saturated carbocycles. The van der Waals surface area contributed by atoms with Gasteiger partial charge in [-0.05, 0) is 0 Å². The molecule has 114 valence electrons. The zero-order valence-electron chi connectivity index (χ0n) is 12.2. The van der Waals surface area contributed by atoms with Gasteiger partial charge >= 0.3 is 133 Å². The van der Waals surface area contributed by atoms with Crippen LogP contribution in [0.3, 0.4) is 0 Å². The number of unbranched alkanes of at least 4 members (excludes halogenated alkanes) is 2. The second-order valence-electron chi connectivity index (χ2n) is 5.60. The standard InChI is InChI=1S/C14H24O5.Sn/c1-3-5-7-14(16)12(15)11(17-8-6-4-2)10-9-18-13(14)19-10;/h10-13,15-16H,3-8H2,1-2H3;/t10-,11-,12+,13-,14-;/m1./s1. The molecule has 2 rings (SSSR count). The first kappa shape index (κ1) is 16.7. The van der Waals surface area contributed by atoms with Gasteiger partial charge in [-0.3, -0.25) is 0 Å². The van der Waals surface area contributed by atoms with Crippen LogP contribution >= 0.6 is 0 Å². The van der Waals surface area contributed by atoms with Crippen molar-refractivity contribution < 1.29 is 24.4 Å². The Morgan fingerprint density at radius 2 is 2.00 bits per heavy atom. The average Bonchev–Trinajstić information content (AvgIpc) is 2.79. The monoisotopic (exact) mass is 392 g/mol. The first-order chi connectivity index (χ1) is 9.54. The number of aliphatic hydroxyl groups is 2.